The first-order valence-corrected chi connectivity index (χ1v) is 4.69. The van der Waals surface area contributed by atoms with E-state index in [0.717, 1.165) is 22.5 Å². The normalized spacial score (nSPS) is 10.6. The predicted octanol–water partition coefficient (Wildman–Crippen LogP) is 1.08. The third kappa shape index (κ3) is 1.45. The lowest BCUT2D eigenvalue weighted by Gasteiger charge is -2.08. The van der Waals surface area contributed by atoms with Crippen LogP contribution in [0.4, 0.5) is 5.82 Å². The highest BCUT2D eigenvalue weighted by Crippen LogP contribution is 2.23. The minimum atomic E-state index is 0.485. The van der Waals surface area contributed by atoms with E-state index in [1.807, 2.05) is 27.0 Å². The van der Waals surface area contributed by atoms with Crippen LogP contribution in [0.25, 0.3) is 11.4 Å². The number of rotatable bonds is 1. The second-order valence-electron chi connectivity index (χ2n) is 3.52. The third-order valence-electron chi connectivity index (χ3n) is 2.62. The molecule has 5 nitrogen and oxygen atoms in total. The molecule has 0 aliphatic carbocycles. The molecule has 0 aliphatic heterocycles. The van der Waals surface area contributed by atoms with E-state index in [1.54, 1.807) is 10.9 Å². The lowest BCUT2D eigenvalue weighted by Crippen LogP contribution is -2.04. The summed E-state index contributed by atoms with van der Waals surface area (Å²) in [6.45, 7) is 3.93. The van der Waals surface area contributed by atoms with Crippen molar-refractivity contribution in [1.29, 1.82) is 0 Å². The van der Waals surface area contributed by atoms with E-state index in [4.69, 9.17) is 5.73 Å². The van der Waals surface area contributed by atoms with Gasteiger partial charge in [0.1, 0.15) is 11.5 Å². The first-order chi connectivity index (χ1) is 7.11. The molecule has 0 aliphatic rings. The standard InChI is InChI=1S/C10H13N5/c1-6-7(2)10(11)14-13-9(6)8-4-5-12-15(8)3/h4-5H,1-3H3,(H2,11,14). The molecule has 15 heavy (non-hydrogen) atoms. The number of hydrogen-bond acceptors (Lipinski definition) is 4. The number of hydrogen-bond donors (Lipinski definition) is 1. The summed E-state index contributed by atoms with van der Waals surface area (Å²) in [4.78, 5) is 0. The summed E-state index contributed by atoms with van der Waals surface area (Å²) in [6.07, 6.45) is 1.74. The maximum atomic E-state index is 5.68. The molecular weight excluding hydrogens is 190 g/mol. The summed E-state index contributed by atoms with van der Waals surface area (Å²) >= 11 is 0. The van der Waals surface area contributed by atoms with Gasteiger partial charge in [0.05, 0.1) is 5.69 Å². The molecule has 0 saturated heterocycles. The van der Waals surface area contributed by atoms with E-state index in [-0.39, 0.29) is 0 Å². The summed E-state index contributed by atoms with van der Waals surface area (Å²) in [7, 11) is 1.88. The molecule has 0 unspecified atom stereocenters. The van der Waals surface area contributed by atoms with Gasteiger partial charge < -0.3 is 5.73 Å². The average Bonchev–Trinajstić information content (AvgIpc) is 2.62. The smallest absolute Gasteiger partial charge is 0.149 e. The van der Waals surface area contributed by atoms with Gasteiger partial charge in [0.25, 0.3) is 0 Å². The van der Waals surface area contributed by atoms with Crippen molar-refractivity contribution < 1.29 is 0 Å². The van der Waals surface area contributed by atoms with Crippen LogP contribution < -0.4 is 5.73 Å². The highest BCUT2D eigenvalue weighted by molar-refractivity contribution is 5.62. The Balaban J connectivity index is 2.65. The molecule has 0 fully saturated rings. The molecule has 0 amide bonds. The van der Waals surface area contributed by atoms with Crippen molar-refractivity contribution in [2.45, 2.75) is 13.8 Å². The largest absolute Gasteiger partial charge is 0.382 e. The van der Waals surface area contributed by atoms with Crippen LogP contribution in [0.3, 0.4) is 0 Å². The quantitative estimate of drug-likeness (QED) is 0.752. The van der Waals surface area contributed by atoms with Crippen LogP contribution in [0.5, 0.6) is 0 Å². The Morgan fingerprint density at radius 1 is 1.20 bits per heavy atom. The Hall–Kier alpha value is -1.91. The molecule has 0 saturated carbocycles. The summed E-state index contributed by atoms with van der Waals surface area (Å²) < 4.78 is 1.77. The summed E-state index contributed by atoms with van der Waals surface area (Å²) in [6, 6.07) is 1.91. The van der Waals surface area contributed by atoms with Crippen molar-refractivity contribution in [3.63, 3.8) is 0 Å². The Morgan fingerprint density at radius 2 is 1.93 bits per heavy atom. The monoisotopic (exact) mass is 203 g/mol. The van der Waals surface area contributed by atoms with Gasteiger partial charge >= 0.3 is 0 Å². The minimum Gasteiger partial charge on any atom is -0.382 e. The fourth-order valence-corrected chi connectivity index (χ4v) is 1.47. The van der Waals surface area contributed by atoms with Gasteiger partial charge in [0.15, 0.2) is 0 Å². The molecule has 5 heteroatoms. The van der Waals surface area contributed by atoms with Gasteiger partial charge in [-0.25, -0.2) is 0 Å². The van der Waals surface area contributed by atoms with E-state index in [2.05, 4.69) is 15.3 Å². The molecule has 78 valence electrons. The first kappa shape index (κ1) is 9.64. The number of aryl methyl sites for hydroxylation is 1. The molecule has 2 N–H and O–H groups in total. The number of aromatic nitrogens is 4. The number of nitrogen functional groups attached to an aromatic ring is 1. The second-order valence-corrected chi connectivity index (χ2v) is 3.52. The SMILES string of the molecule is Cc1c(N)nnc(-c2ccnn2C)c1C. The van der Waals surface area contributed by atoms with Crippen LogP contribution in [-0.4, -0.2) is 20.0 Å². The van der Waals surface area contributed by atoms with Crippen LogP contribution in [0.2, 0.25) is 0 Å². The summed E-state index contributed by atoms with van der Waals surface area (Å²) in [5, 5.41) is 12.1. The van der Waals surface area contributed by atoms with Gasteiger partial charge in [-0.3, -0.25) is 4.68 Å². The maximum absolute atomic E-state index is 5.68. The van der Waals surface area contributed by atoms with Gasteiger partial charge in [-0.1, -0.05) is 0 Å². The van der Waals surface area contributed by atoms with Crippen molar-refractivity contribution >= 4 is 5.82 Å². The van der Waals surface area contributed by atoms with Crippen LogP contribution in [0.1, 0.15) is 11.1 Å². The zero-order valence-electron chi connectivity index (χ0n) is 9.02. The molecule has 0 bridgehead atoms. The maximum Gasteiger partial charge on any atom is 0.149 e. The predicted molar refractivity (Wildman–Crippen MR) is 58.1 cm³/mol. The Bertz CT molecular complexity index is 501. The van der Waals surface area contributed by atoms with Crippen LogP contribution in [0.15, 0.2) is 12.3 Å². The van der Waals surface area contributed by atoms with Gasteiger partial charge in [0, 0.05) is 13.2 Å². The summed E-state index contributed by atoms with van der Waals surface area (Å²) in [5.41, 5.74) is 9.49. The van der Waals surface area contributed by atoms with E-state index >= 15 is 0 Å². The average molecular weight is 203 g/mol. The van der Waals surface area contributed by atoms with Gasteiger partial charge in [0.2, 0.25) is 0 Å². The van der Waals surface area contributed by atoms with E-state index in [1.165, 1.54) is 0 Å². The zero-order valence-corrected chi connectivity index (χ0v) is 9.02. The van der Waals surface area contributed by atoms with E-state index in [0.29, 0.717) is 5.82 Å². The molecule has 2 rings (SSSR count). The highest BCUT2D eigenvalue weighted by atomic mass is 15.3. The van der Waals surface area contributed by atoms with Crippen molar-refractivity contribution in [2.75, 3.05) is 5.73 Å². The highest BCUT2D eigenvalue weighted by Gasteiger charge is 2.11. The zero-order chi connectivity index (χ0) is 11.0. The molecular formula is C10H13N5. The van der Waals surface area contributed by atoms with Gasteiger partial charge in [-0.05, 0) is 31.0 Å². The Labute approximate surface area is 87.9 Å². The Kier molecular flexibility index (Phi) is 2.15. The Morgan fingerprint density at radius 3 is 2.53 bits per heavy atom. The van der Waals surface area contributed by atoms with Crippen molar-refractivity contribution in [3.8, 4) is 11.4 Å². The molecule has 0 spiro atoms. The first-order valence-electron chi connectivity index (χ1n) is 4.69. The third-order valence-corrected chi connectivity index (χ3v) is 2.62. The van der Waals surface area contributed by atoms with Crippen LogP contribution in [0, 0.1) is 13.8 Å². The molecule has 2 aromatic rings. The lowest BCUT2D eigenvalue weighted by atomic mass is 10.1. The van der Waals surface area contributed by atoms with Crippen LogP contribution >= 0.6 is 0 Å². The van der Waals surface area contributed by atoms with E-state index < -0.39 is 0 Å². The number of anilines is 1. The molecule has 2 aromatic heterocycles. The molecule has 0 aromatic carbocycles. The molecule has 0 atom stereocenters. The second kappa shape index (κ2) is 3.34. The van der Waals surface area contributed by atoms with Gasteiger partial charge in [-0.2, -0.15) is 5.10 Å². The van der Waals surface area contributed by atoms with Crippen molar-refractivity contribution in [1.82, 2.24) is 20.0 Å². The van der Waals surface area contributed by atoms with E-state index in [9.17, 15) is 0 Å². The van der Waals surface area contributed by atoms with Gasteiger partial charge in [-0.15, -0.1) is 10.2 Å². The number of nitrogens with zero attached hydrogens (tertiary/aromatic N) is 4. The summed E-state index contributed by atoms with van der Waals surface area (Å²) in [5.74, 6) is 0.485. The fraction of sp³-hybridized carbons (Fsp3) is 0.300. The molecule has 0 radical (unpaired) electrons. The van der Waals surface area contributed by atoms with Crippen molar-refractivity contribution in [2.24, 2.45) is 7.05 Å². The lowest BCUT2D eigenvalue weighted by molar-refractivity contribution is 0.769. The minimum absolute atomic E-state index is 0.485. The topological polar surface area (TPSA) is 69.6 Å². The molecule has 2 heterocycles. The van der Waals surface area contributed by atoms with Crippen LogP contribution in [-0.2, 0) is 7.05 Å². The van der Waals surface area contributed by atoms with Crippen molar-refractivity contribution in [3.05, 3.63) is 23.4 Å². The number of nitrogens with two attached hydrogens (primary N) is 1. The fourth-order valence-electron chi connectivity index (χ4n) is 1.47.